The van der Waals surface area contributed by atoms with Gasteiger partial charge >= 0.3 is 5.97 Å². The molecule has 1 aliphatic rings. The molecular formula is C13H14O2. The highest BCUT2D eigenvalue weighted by Gasteiger charge is 2.21. The largest absolute Gasteiger partial charge is 0.454 e. The average molecular weight is 202 g/mol. The molecule has 15 heavy (non-hydrogen) atoms. The smallest absolute Gasteiger partial charge is 0.331 e. The molecule has 0 N–H and O–H groups in total. The number of hydrogen-bond donors (Lipinski definition) is 0. The summed E-state index contributed by atoms with van der Waals surface area (Å²) in [5, 5.41) is 0. The van der Waals surface area contributed by atoms with Crippen LogP contribution in [0.5, 0.6) is 0 Å². The molecular weight excluding hydrogens is 188 g/mol. The van der Waals surface area contributed by atoms with E-state index in [1.165, 1.54) is 5.57 Å². The Bertz CT molecular complexity index is 379. The maximum Gasteiger partial charge on any atom is 0.331 e. The van der Waals surface area contributed by atoms with Crippen LogP contribution >= 0.6 is 0 Å². The van der Waals surface area contributed by atoms with E-state index in [4.69, 9.17) is 4.74 Å². The minimum Gasteiger partial charge on any atom is -0.454 e. The average Bonchev–Trinajstić information content (AvgIpc) is 2.29. The highest BCUT2D eigenvalue weighted by atomic mass is 16.5. The summed E-state index contributed by atoms with van der Waals surface area (Å²) in [6.07, 6.45) is 3.25. The molecule has 78 valence electrons. The van der Waals surface area contributed by atoms with Crippen molar-refractivity contribution in [3.8, 4) is 0 Å². The monoisotopic (exact) mass is 202 g/mol. The van der Waals surface area contributed by atoms with Crippen molar-refractivity contribution < 1.29 is 9.53 Å². The van der Waals surface area contributed by atoms with E-state index in [1.54, 1.807) is 6.08 Å². The van der Waals surface area contributed by atoms with Crippen LogP contribution in [0, 0.1) is 0 Å². The summed E-state index contributed by atoms with van der Waals surface area (Å²) < 4.78 is 5.29. The molecule has 1 aliphatic heterocycles. The Morgan fingerprint density at radius 2 is 2.07 bits per heavy atom. The molecule has 2 nitrogen and oxygen atoms in total. The maximum atomic E-state index is 11.3. The van der Waals surface area contributed by atoms with E-state index in [1.807, 2.05) is 30.3 Å². The molecule has 0 spiro atoms. The van der Waals surface area contributed by atoms with Crippen molar-refractivity contribution in [2.24, 2.45) is 0 Å². The van der Waals surface area contributed by atoms with Gasteiger partial charge in [-0.15, -0.1) is 0 Å². The molecule has 0 radical (unpaired) electrons. The molecule has 0 saturated carbocycles. The quantitative estimate of drug-likeness (QED) is 0.689. The van der Waals surface area contributed by atoms with Crippen molar-refractivity contribution in [2.45, 2.75) is 25.9 Å². The van der Waals surface area contributed by atoms with Gasteiger partial charge in [-0.2, -0.15) is 0 Å². The van der Waals surface area contributed by atoms with Gasteiger partial charge in [0.2, 0.25) is 0 Å². The summed E-state index contributed by atoms with van der Waals surface area (Å²) in [4.78, 5) is 11.3. The highest BCUT2D eigenvalue weighted by Crippen LogP contribution is 2.29. The second-order valence-electron chi connectivity index (χ2n) is 3.70. The Hall–Kier alpha value is -1.57. The molecule has 0 saturated heterocycles. The van der Waals surface area contributed by atoms with Gasteiger partial charge in [-0.1, -0.05) is 42.8 Å². The number of rotatable bonds is 2. The standard InChI is InChI=1S/C13H14O2/c1-2-10-8-12(15-13(14)9-10)11-6-4-3-5-7-11/h3-7,9,12H,2,8H2,1H3/t12-/m1/s1. The fourth-order valence-electron chi connectivity index (χ4n) is 1.78. The van der Waals surface area contributed by atoms with Crippen molar-refractivity contribution in [3.63, 3.8) is 0 Å². The zero-order chi connectivity index (χ0) is 10.7. The SMILES string of the molecule is CCC1=CC(=O)O[C@@H](c2ccccc2)C1. The summed E-state index contributed by atoms with van der Waals surface area (Å²) in [5.41, 5.74) is 2.24. The van der Waals surface area contributed by atoms with Crippen LogP contribution in [0.2, 0.25) is 0 Å². The van der Waals surface area contributed by atoms with E-state index >= 15 is 0 Å². The first-order valence-electron chi connectivity index (χ1n) is 5.24. The van der Waals surface area contributed by atoms with E-state index in [2.05, 4.69) is 6.92 Å². The van der Waals surface area contributed by atoms with Crippen molar-refractivity contribution in [3.05, 3.63) is 47.5 Å². The fourth-order valence-corrected chi connectivity index (χ4v) is 1.78. The molecule has 0 aliphatic carbocycles. The number of esters is 1. The molecule has 0 fully saturated rings. The van der Waals surface area contributed by atoms with Crippen LogP contribution in [0.4, 0.5) is 0 Å². The molecule has 2 heteroatoms. The second-order valence-corrected chi connectivity index (χ2v) is 3.70. The lowest BCUT2D eigenvalue weighted by atomic mass is 9.98. The zero-order valence-corrected chi connectivity index (χ0v) is 8.77. The molecule has 2 rings (SSSR count). The van der Waals surface area contributed by atoms with Crippen LogP contribution in [0.25, 0.3) is 0 Å². The lowest BCUT2D eigenvalue weighted by molar-refractivity contribution is -0.144. The molecule has 1 aromatic carbocycles. The van der Waals surface area contributed by atoms with Crippen molar-refractivity contribution in [2.75, 3.05) is 0 Å². The minimum atomic E-state index is -0.216. The Kier molecular flexibility index (Phi) is 2.86. The van der Waals surface area contributed by atoms with Gasteiger partial charge in [-0.25, -0.2) is 4.79 Å². The molecule has 0 aromatic heterocycles. The normalized spacial score (nSPS) is 20.7. The highest BCUT2D eigenvalue weighted by molar-refractivity contribution is 5.84. The molecule has 1 heterocycles. The summed E-state index contributed by atoms with van der Waals surface area (Å²) in [6, 6.07) is 9.89. The van der Waals surface area contributed by atoms with E-state index in [9.17, 15) is 4.79 Å². The third-order valence-corrected chi connectivity index (χ3v) is 2.65. The molecule has 1 aromatic rings. The Morgan fingerprint density at radius 1 is 1.33 bits per heavy atom. The van der Waals surface area contributed by atoms with Gasteiger partial charge in [0.1, 0.15) is 6.10 Å². The van der Waals surface area contributed by atoms with Crippen molar-refractivity contribution in [1.82, 2.24) is 0 Å². The van der Waals surface area contributed by atoms with Gasteiger partial charge in [0.15, 0.2) is 0 Å². The van der Waals surface area contributed by atoms with Crippen LogP contribution in [0.3, 0.4) is 0 Å². The Labute approximate surface area is 89.6 Å². The number of hydrogen-bond acceptors (Lipinski definition) is 2. The first-order chi connectivity index (χ1) is 7.29. The Morgan fingerprint density at radius 3 is 2.73 bits per heavy atom. The van der Waals surface area contributed by atoms with Gasteiger partial charge in [-0.3, -0.25) is 0 Å². The lowest BCUT2D eigenvalue weighted by Gasteiger charge is -2.22. The minimum absolute atomic E-state index is 0.0985. The number of ether oxygens (including phenoxy) is 1. The summed E-state index contributed by atoms with van der Waals surface area (Å²) in [7, 11) is 0. The fraction of sp³-hybridized carbons (Fsp3) is 0.308. The topological polar surface area (TPSA) is 26.3 Å². The van der Waals surface area contributed by atoms with Gasteiger partial charge < -0.3 is 4.74 Å². The van der Waals surface area contributed by atoms with Crippen LogP contribution in [-0.4, -0.2) is 5.97 Å². The molecule has 0 amide bonds. The molecule has 0 bridgehead atoms. The van der Waals surface area contributed by atoms with Gasteiger partial charge in [0.25, 0.3) is 0 Å². The van der Waals surface area contributed by atoms with Gasteiger partial charge in [-0.05, 0) is 12.0 Å². The summed E-state index contributed by atoms with van der Waals surface area (Å²) in [6.45, 7) is 2.06. The first-order valence-corrected chi connectivity index (χ1v) is 5.24. The predicted octanol–water partition coefficient (Wildman–Crippen LogP) is 3.01. The number of cyclic esters (lactones) is 1. The van der Waals surface area contributed by atoms with E-state index in [-0.39, 0.29) is 12.1 Å². The van der Waals surface area contributed by atoms with Crippen LogP contribution in [0.15, 0.2) is 42.0 Å². The lowest BCUT2D eigenvalue weighted by Crippen LogP contribution is -2.15. The second kappa shape index (κ2) is 4.30. The predicted molar refractivity (Wildman–Crippen MR) is 58.3 cm³/mol. The maximum absolute atomic E-state index is 11.3. The van der Waals surface area contributed by atoms with Gasteiger partial charge in [0, 0.05) is 12.5 Å². The van der Waals surface area contributed by atoms with Crippen molar-refractivity contribution >= 4 is 5.97 Å². The molecule has 0 unspecified atom stereocenters. The van der Waals surface area contributed by atoms with Crippen LogP contribution < -0.4 is 0 Å². The third kappa shape index (κ3) is 2.27. The number of benzene rings is 1. The number of carbonyl (C=O) groups excluding carboxylic acids is 1. The van der Waals surface area contributed by atoms with Crippen molar-refractivity contribution in [1.29, 1.82) is 0 Å². The van der Waals surface area contributed by atoms with E-state index < -0.39 is 0 Å². The Balaban J connectivity index is 2.20. The summed E-state index contributed by atoms with van der Waals surface area (Å²) >= 11 is 0. The zero-order valence-electron chi connectivity index (χ0n) is 8.77. The van der Waals surface area contributed by atoms with Gasteiger partial charge in [0.05, 0.1) is 0 Å². The summed E-state index contributed by atoms with van der Waals surface area (Å²) in [5.74, 6) is -0.216. The third-order valence-electron chi connectivity index (χ3n) is 2.65. The molecule has 1 atom stereocenters. The first kappa shape index (κ1) is 9.97. The van der Waals surface area contributed by atoms with E-state index in [0.29, 0.717) is 0 Å². The van der Waals surface area contributed by atoms with Crippen LogP contribution in [-0.2, 0) is 9.53 Å². The van der Waals surface area contributed by atoms with E-state index in [0.717, 1.165) is 18.4 Å². The van der Waals surface area contributed by atoms with Crippen LogP contribution in [0.1, 0.15) is 31.4 Å². The number of carbonyl (C=O) groups is 1.